The van der Waals surface area contributed by atoms with Crippen molar-refractivity contribution in [3.8, 4) is 17.3 Å². The van der Waals surface area contributed by atoms with Crippen LogP contribution in [0.3, 0.4) is 0 Å². The van der Waals surface area contributed by atoms with Gasteiger partial charge >= 0.3 is 0 Å². The summed E-state index contributed by atoms with van der Waals surface area (Å²) in [5, 5.41) is 15.4. The van der Waals surface area contributed by atoms with Crippen molar-refractivity contribution in [2.75, 3.05) is 11.1 Å². The van der Waals surface area contributed by atoms with Crippen molar-refractivity contribution in [1.29, 1.82) is 5.26 Å². The van der Waals surface area contributed by atoms with Gasteiger partial charge in [-0.05, 0) is 61.6 Å². The molecule has 3 aromatic rings. The molecule has 0 aliphatic heterocycles. The number of pyridine rings is 1. The summed E-state index contributed by atoms with van der Waals surface area (Å²) in [6, 6.07) is 10.4. The summed E-state index contributed by atoms with van der Waals surface area (Å²) in [4.78, 5) is 21.6. The van der Waals surface area contributed by atoms with E-state index >= 15 is 0 Å². The molecule has 1 amide bonds. The summed E-state index contributed by atoms with van der Waals surface area (Å²) >= 11 is 2.78. The number of nitrogens with zero attached hydrogens (tertiary/aromatic N) is 3. The largest absolute Gasteiger partial charge is 0.302 e. The lowest BCUT2D eigenvalue weighted by Crippen LogP contribution is -2.12. The number of nitrogens with one attached hydrogen (secondary N) is 1. The second-order valence-electron chi connectivity index (χ2n) is 7.66. The van der Waals surface area contributed by atoms with Crippen LogP contribution in [0.25, 0.3) is 11.3 Å². The van der Waals surface area contributed by atoms with Gasteiger partial charge in [0.25, 0.3) is 0 Å². The molecule has 0 atom stereocenters. The maximum absolute atomic E-state index is 13.1. The van der Waals surface area contributed by atoms with E-state index in [4.69, 9.17) is 4.98 Å². The highest BCUT2D eigenvalue weighted by atomic mass is 32.2. The number of thioether (sulfide) groups is 1. The first-order valence-corrected chi connectivity index (χ1v) is 12.6. The molecule has 4 rings (SSSR count). The highest BCUT2D eigenvalue weighted by molar-refractivity contribution is 7.99. The quantitative estimate of drug-likeness (QED) is 0.451. The molecule has 0 saturated heterocycles. The van der Waals surface area contributed by atoms with E-state index in [1.165, 1.54) is 53.6 Å². The minimum Gasteiger partial charge on any atom is -0.302 e. The monoisotopic (exact) mass is 466 g/mol. The maximum atomic E-state index is 13.1. The highest BCUT2D eigenvalue weighted by Gasteiger charge is 2.15. The van der Waals surface area contributed by atoms with Gasteiger partial charge in [-0.2, -0.15) is 5.26 Å². The van der Waals surface area contributed by atoms with E-state index < -0.39 is 0 Å². The first kappa shape index (κ1) is 22.4. The molecule has 5 nitrogen and oxygen atoms in total. The van der Waals surface area contributed by atoms with Gasteiger partial charge in [0.05, 0.1) is 11.3 Å². The zero-order valence-corrected chi connectivity index (χ0v) is 19.2. The first-order chi connectivity index (χ1) is 15.6. The number of rotatable bonds is 6. The van der Waals surface area contributed by atoms with Crippen LogP contribution in [0.5, 0.6) is 0 Å². The Morgan fingerprint density at radius 2 is 1.94 bits per heavy atom. The highest BCUT2D eigenvalue weighted by Crippen LogP contribution is 2.28. The number of carbonyl (C=O) groups excluding carboxylic acids is 1. The lowest BCUT2D eigenvalue weighted by molar-refractivity contribution is -0.115. The van der Waals surface area contributed by atoms with Crippen molar-refractivity contribution in [3.63, 3.8) is 0 Å². The van der Waals surface area contributed by atoms with E-state index in [1.54, 1.807) is 12.1 Å². The van der Waals surface area contributed by atoms with E-state index in [-0.39, 0.29) is 11.7 Å². The summed E-state index contributed by atoms with van der Waals surface area (Å²) in [7, 11) is 0. The topological polar surface area (TPSA) is 78.7 Å². The van der Waals surface area contributed by atoms with Crippen molar-refractivity contribution in [1.82, 2.24) is 9.97 Å². The number of benzene rings is 1. The van der Waals surface area contributed by atoms with Crippen LogP contribution < -0.4 is 5.32 Å². The van der Waals surface area contributed by atoms with E-state index in [1.807, 2.05) is 11.4 Å². The molecule has 32 heavy (non-hydrogen) atoms. The van der Waals surface area contributed by atoms with E-state index in [2.05, 4.69) is 16.4 Å². The normalized spacial score (nSPS) is 13.5. The van der Waals surface area contributed by atoms with Crippen LogP contribution in [0.2, 0.25) is 0 Å². The van der Waals surface area contributed by atoms with Crippen LogP contribution >= 0.6 is 23.1 Å². The Balaban J connectivity index is 1.33. The third-order valence-corrected chi connectivity index (χ3v) is 7.10. The fraction of sp³-hybridized carbons (Fsp3) is 0.333. The van der Waals surface area contributed by atoms with Gasteiger partial charge in [-0.15, -0.1) is 23.1 Å². The van der Waals surface area contributed by atoms with Crippen LogP contribution in [-0.2, 0) is 17.6 Å². The lowest BCUT2D eigenvalue weighted by atomic mass is 9.96. The van der Waals surface area contributed by atoms with Gasteiger partial charge in [-0.3, -0.25) is 4.79 Å². The number of hydrogen-bond acceptors (Lipinski definition) is 6. The zero-order valence-electron chi connectivity index (χ0n) is 17.6. The zero-order chi connectivity index (χ0) is 22.3. The van der Waals surface area contributed by atoms with E-state index in [9.17, 15) is 14.4 Å². The second-order valence-corrected chi connectivity index (χ2v) is 9.61. The molecule has 164 valence electrons. The number of carbonyl (C=O) groups is 1. The summed E-state index contributed by atoms with van der Waals surface area (Å²) in [6.07, 6.45) is 6.96. The number of aryl methyl sites for hydroxylation is 2. The Bertz CT molecular complexity index is 1140. The van der Waals surface area contributed by atoms with Gasteiger partial charge in [-0.25, -0.2) is 14.4 Å². The van der Waals surface area contributed by atoms with Crippen molar-refractivity contribution < 1.29 is 9.18 Å². The number of fused-ring (bicyclic) bond motifs is 1. The van der Waals surface area contributed by atoms with Crippen molar-refractivity contribution in [3.05, 3.63) is 58.3 Å². The van der Waals surface area contributed by atoms with Crippen molar-refractivity contribution in [2.45, 2.75) is 50.0 Å². The van der Waals surface area contributed by atoms with Crippen molar-refractivity contribution in [2.24, 2.45) is 0 Å². The number of nitriles is 1. The number of anilines is 1. The van der Waals surface area contributed by atoms with Gasteiger partial charge in [0, 0.05) is 28.8 Å². The molecule has 2 aromatic heterocycles. The third kappa shape index (κ3) is 5.72. The number of thiazole rings is 1. The molecule has 0 radical (unpaired) electrons. The molecule has 0 spiro atoms. The second kappa shape index (κ2) is 10.7. The van der Waals surface area contributed by atoms with E-state index in [0.29, 0.717) is 33.6 Å². The van der Waals surface area contributed by atoms with Crippen LogP contribution in [0.1, 0.15) is 48.9 Å². The van der Waals surface area contributed by atoms with Gasteiger partial charge in [0.15, 0.2) is 5.13 Å². The summed E-state index contributed by atoms with van der Waals surface area (Å²) in [6.45, 7) is 0. The van der Waals surface area contributed by atoms with Crippen LogP contribution in [-0.4, -0.2) is 21.6 Å². The third-order valence-electron chi connectivity index (χ3n) is 5.34. The Morgan fingerprint density at radius 1 is 1.16 bits per heavy atom. The number of amides is 1. The average Bonchev–Trinajstić information content (AvgIpc) is 3.23. The molecule has 0 unspecified atom stereocenters. The van der Waals surface area contributed by atoms with Crippen LogP contribution in [0.4, 0.5) is 9.52 Å². The Hall–Kier alpha value is -2.76. The Kier molecular flexibility index (Phi) is 7.51. The molecular weight excluding hydrogens is 443 g/mol. The molecule has 8 heteroatoms. The molecule has 1 aliphatic carbocycles. The minimum atomic E-state index is -0.297. The van der Waals surface area contributed by atoms with Gasteiger partial charge < -0.3 is 5.32 Å². The smallest absolute Gasteiger partial charge is 0.226 e. The fourth-order valence-electron chi connectivity index (χ4n) is 3.66. The number of halogens is 1. The van der Waals surface area contributed by atoms with Gasteiger partial charge in [-0.1, -0.05) is 12.8 Å². The molecule has 2 heterocycles. The number of aromatic nitrogens is 2. The minimum absolute atomic E-state index is 0.137. The molecule has 0 saturated carbocycles. The molecule has 1 aromatic carbocycles. The predicted molar refractivity (Wildman–Crippen MR) is 126 cm³/mol. The molecule has 0 bridgehead atoms. The average molecular weight is 467 g/mol. The first-order valence-electron chi connectivity index (χ1n) is 10.7. The predicted octanol–water partition coefficient (Wildman–Crippen LogP) is 6.00. The number of hydrogen-bond donors (Lipinski definition) is 1. The summed E-state index contributed by atoms with van der Waals surface area (Å²) in [5.74, 6) is 0.0963. The molecule has 0 fully saturated rings. The fourth-order valence-corrected chi connectivity index (χ4v) is 5.32. The molecular formula is C24H23FN4OS2. The van der Waals surface area contributed by atoms with Gasteiger partial charge in [0.2, 0.25) is 5.91 Å². The summed E-state index contributed by atoms with van der Waals surface area (Å²) in [5.41, 5.74) is 4.39. The Labute approximate surface area is 195 Å². The lowest BCUT2D eigenvalue weighted by Gasteiger charge is -2.15. The van der Waals surface area contributed by atoms with Gasteiger partial charge in [0.1, 0.15) is 16.9 Å². The standard InChI is InChI=1S/C24H23FN4OS2/c25-19-9-7-16(8-10-19)21-15-32-24(28-21)29-22(30)11-12-31-23-18(14-26)13-17-5-3-1-2-4-6-20(17)27-23/h7-10,13,15H,1-6,11-12H2,(H,28,29,30). The van der Waals surface area contributed by atoms with Crippen molar-refractivity contribution >= 4 is 34.1 Å². The van der Waals surface area contributed by atoms with E-state index in [0.717, 1.165) is 36.9 Å². The molecule has 1 aliphatic rings. The molecule has 1 N–H and O–H groups in total. The van der Waals surface area contributed by atoms with Crippen LogP contribution in [0, 0.1) is 17.1 Å². The maximum Gasteiger partial charge on any atom is 0.226 e. The Morgan fingerprint density at radius 3 is 2.72 bits per heavy atom. The SMILES string of the molecule is N#Cc1cc2c(nc1SCCC(=O)Nc1nc(-c3ccc(F)cc3)cs1)CCCCCC2. The van der Waals surface area contributed by atoms with Crippen LogP contribution in [0.15, 0.2) is 40.7 Å². The summed E-state index contributed by atoms with van der Waals surface area (Å²) < 4.78 is 13.1.